The smallest absolute Gasteiger partial charge is 0.333 e. The van der Waals surface area contributed by atoms with Gasteiger partial charge in [0.1, 0.15) is 11.9 Å². The van der Waals surface area contributed by atoms with Crippen LogP contribution in [-0.2, 0) is 23.9 Å². The summed E-state index contributed by atoms with van der Waals surface area (Å²) in [6, 6.07) is 6.89. The zero-order valence-electron chi connectivity index (χ0n) is 29.3. The molecule has 46 heavy (non-hydrogen) atoms. The summed E-state index contributed by atoms with van der Waals surface area (Å²) in [4.78, 5) is 39.4. The molecule has 1 saturated heterocycles. The minimum Gasteiger partial charge on any atom is -0.516 e. The van der Waals surface area contributed by atoms with E-state index in [1.54, 1.807) is 31.2 Å². The fourth-order valence-corrected chi connectivity index (χ4v) is 1.71. The quantitative estimate of drug-likeness (QED) is 0.106. The van der Waals surface area contributed by atoms with Crippen LogP contribution in [0.4, 0.5) is 0 Å². The third-order valence-electron chi connectivity index (χ3n) is 3.56. The summed E-state index contributed by atoms with van der Waals surface area (Å²) in [5, 5.41) is 31.6. The molecule has 0 radical (unpaired) electrons. The Morgan fingerprint density at radius 3 is 1.52 bits per heavy atom. The number of ether oxygens (including phenoxy) is 1. The molecule has 1 aliphatic heterocycles. The van der Waals surface area contributed by atoms with Crippen LogP contribution in [0.2, 0.25) is 0 Å². The maximum atomic E-state index is 10.6. The Balaban J connectivity index is -0.0000000777. The van der Waals surface area contributed by atoms with Gasteiger partial charge in [0.25, 0.3) is 0 Å². The number of hydrogen-bond donors (Lipinski definition) is 4. The molecule has 260 valence electrons. The van der Waals surface area contributed by atoms with Crippen molar-refractivity contribution in [2.45, 2.75) is 87.7 Å². The van der Waals surface area contributed by atoms with Crippen molar-refractivity contribution in [2.24, 2.45) is 0 Å². The first-order valence-corrected chi connectivity index (χ1v) is 14.3. The molecule has 2 rings (SSSR count). The molecule has 0 amide bonds. The van der Waals surface area contributed by atoms with Gasteiger partial charge in [-0.05, 0) is 57.9 Å². The standard InChI is InChI=1S/C8H8O.C7H10O2.C5H8O.C4H6O2.C3H4O2.C3H8.C3H4.C2H4O.C2H6/c1-2-7-3-5-8(9)6-4-7;1-3-6-4-5(2)7(8)9-6;1-3-4-5(2)6;1-3(2)4(5)6;1-2-3(4)5;2*1-3-2;1-2-3;1-2/h2-6,9H,1H2;6H,2-4H2,1H3;3-4H,1-2H3;1H2,2H3,(H,5,6);2H,1H2,(H,4,5);3H2,1-2H3;1H,2H3;2-3H,1H2;1-2H3/b;;4-3+;;;;;;. The summed E-state index contributed by atoms with van der Waals surface area (Å²) < 4.78 is 4.88. The average Bonchev–Trinajstić information content (AvgIpc) is 3.34. The molecular weight excluding hydrogens is 588 g/mol. The molecular formula is C37H58O9. The largest absolute Gasteiger partial charge is 0.516 e. The normalized spacial score (nSPS) is 10.8. The fourth-order valence-electron chi connectivity index (χ4n) is 1.71. The zero-order chi connectivity index (χ0) is 38.1. The third-order valence-corrected chi connectivity index (χ3v) is 3.56. The second-order valence-electron chi connectivity index (χ2n) is 7.96. The maximum absolute atomic E-state index is 10.6. The number of esters is 1. The van der Waals surface area contributed by atoms with Crippen LogP contribution in [0.5, 0.6) is 5.75 Å². The van der Waals surface area contributed by atoms with E-state index in [9.17, 15) is 19.2 Å². The van der Waals surface area contributed by atoms with Crippen molar-refractivity contribution in [2.75, 3.05) is 0 Å². The minimum atomic E-state index is -0.981. The zero-order valence-corrected chi connectivity index (χ0v) is 29.3. The Hall–Kier alpha value is -5.10. The predicted octanol–water partition coefficient (Wildman–Crippen LogP) is 9.13. The highest BCUT2D eigenvalue weighted by Gasteiger charge is 2.25. The van der Waals surface area contributed by atoms with Crippen LogP contribution in [0.3, 0.4) is 0 Å². The van der Waals surface area contributed by atoms with Gasteiger partial charge in [0.05, 0.1) is 6.26 Å². The lowest BCUT2D eigenvalue weighted by molar-refractivity contribution is -0.139. The molecule has 1 aromatic rings. The molecule has 0 bridgehead atoms. The lowest BCUT2D eigenvalue weighted by atomic mass is 10.1. The van der Waals surface area contributed by atoms with Crippen LogP contribution in [0.15, 0.2) is 92.8 Å². The number of aliphatic hydroxyl groups excluding tert-OH is 1. The Labute approximate surface area is 278 Å². The number of aromatic hydroxyl groups is 1. The second kappa shape index (κ2) is 46.8. The number of allylic oxidation sites excluding steroid dienone is 2. The number of phenols is 1. The van der Waals surface area contributed by atoms with Crippen molar-refractivity contribution >= 4 is 29.8 Å². The Kier molecular flexibility index (Phi) is 57.7. The third kappa shape index (κ3) is 62.5. The highest BCUT2D eigenvalue weighted by atomic mass is 16.5. The first-order valence-electron chi connectivity index (χ1n) is 14.3. The monoisotopic (exact) mass is 646 g/mol. The number of terminal acetylenes is 1. The molecule has 0 saturated carbocycles. The number of carboxylic acids is 2. The second-order valence-corrected chi connectivity index (χ2v) is 7.96. The Morgan fingerprint density at radius 1 is 1.04 bits per heavy atom. The number of aliphatic carboxylic acids is 2. The number of cyclic esters (lactones) is 1. The van der Waals surface area contributed by atoms with E-state index in [1.165, 1.54) is 26.3 Å². The number of benzene rings is 1. The molecule has 1 aromatic carbocycles. The van der Waals surface area contributed by atoms with Crippen LogP contribution in [0, 0.1) is 12.3 Å². The molecule has 1 unspecified atom stereocenters. The van der Waals surface area contributed by atoms with Crippen molar-refractivity contribution in [1.82, 2.24) is 0 Å². The van der Waals surface area contributed by atoms with Gasteiger partial charge < -0.3 is 25.2 Å². The van der Waals surface area contributed by atoms with Gasteiger partial charge in [-0.2, -0.15) is 0 Å². The number of ketones is 1. The summed E-state index contributed by atoms with van der Waals surface area (Å²) in [5.41, 5.74) is 1.81. The summed E-state index contributed by atoms with van der Waals surface area (Å²) in [6.07, 6.45) is 14.1. The highest BCUT2D eigenvalue weighted by Crippen LogP contribution is 2.20. The van der Waals surface area contributed by atoms with E-state index in [0.717, 1.165) is 30.7 Å². The summed E-state index contributed by atoms with van der Waals surface area (Å²) in [6.45, 7) is 32.9. The lowest BCUT2D eigenvalue weighted by Crippen LogP contribution is -2.03. The van der Waals surface area contributed by atoms with Gasteiger partial charge in [-0.3, -0.25) is 4.79 Å². The van der Waals surface area contributed by atoms with E-state index in [1.807, 2.05) is 39.8 Å². The van der Waals surface area contributed by atoms with E-state index < -0.39 is 11.9 Å². The van der Waals surface area contributed by atoms with Gasteiger partial charge in [0.2, 0.25) is 0 Å². The van der Waals surface area contributed by atoms with E-state index in [2.05, 4.69) is 59.1 Å². The number of rotatable bonds is 5. The van der Waals surface area contributed by atoms with Crippen LogP contribution < -0.4 is 0 Å². The molecule has 0 aliphatic carbocycles. The summed E-state index contributed by atoms with van der Waals surface area (Å²) in [5.74, 6) is 0.514. The van der Waals surface area contributed by atoms with E-state index in [0.29, 0.717) is 11.3 Å². The van der Waals surface area contributed by atoms with Crippen LogP contribution >= 0.6 is 0 Å². The fraction of sp³-hybridized carbons (Fsp3) is 0.351. The lowest BCUT2D eigenvalue weighted by Gasteiger charge is -2.01. The number of carbonyl (C=O) groups is 4. The van der Waals surface area contributed by atoms with Crippen LogP contribution in [0.25, 0.3) is 6.08 Å². The van der Waals surface area contributed by atoms with Gasteiger partial charge in [0.15, 0.2) is 5.78 Å². The topological polar surface area (TPSA) is 158 Å². The molecule has 4 N–H and O–H groups in total. The van der Waals surface area contributed by atoms with Gasteiger partial charge in [-0.25, -0.2) is 14.4 Å². The molecule has 9 heteroatoms. The first kappa shape index (κ1) is 56.7. The average molecular weight is 647 g/mol. The Bertz CT molecular complexity index is 1010. The summed E-state index contributed by atoms with van der Waals surface area (Å²) in [7, 11) is 0. The highest BCUT2D eigenvalue weighted by molar-refractivity contribution is 5.89. The van der Waals surface area contributed by atoms with Crippen molar-refractivity contribution in [3.8, 4) is 18.1 Å². The maximum Gasteiger partial charge on any atom is 0.333 e. The van der Waals surface area contributed by atoms with E-state index >= 15 is 0 Å². The molecule has 0 aromatic heterocycles. The van der Waals surface area contributed by atoms with Crippen molar-refractivity contribution < 1.29 is 44.3 Å². The van der Waals surface area contributed by atoms with Crippen molar-refractivity contribution in [3.63, 3.8) is 0 Å². The number of aliphatic hydroxyl groups is 1. The molecule has 1 fully saturated rings. The number of carbonyl (C=O) groups excluding carboxylic acids is 2. The van der Waals surface area contributed by atoms with E-state index in [4.69, 9.17) is 25.2 Å². The van der Waals surface area contributed by atoms with Crippen molar-refractivity contribution in [1.29, 1.82) is 0 Å². The van der Waals surface area contributed by atoms with Gasteiger partial charge >= 0.3 is 17.9 Å². The van der Waals surface area contributed by atoms with Crippen molar-refractivity contribution in [3.05, 3.63) is 98.4 Å². The molecule has 0 spiro atoms. The molecule has 9 nitrogen and oxygen atoms in total. The molecule has 1 heterocycles. The number of hydrogen-bond acceptors (Lipinski definition) is 7. The van der Waals surface area contributed by atoms with Crippen LogP contribution in [0.1, 0.15) is 87.1 Å². The first-order chi connectivity index (χ1) is 21.5. The van der Waals surface area contributed by atoms with Gasteiger partial charge in [-0.15, -0.1) is 12.3 Å². The van der Waals surface area contributed by atoms with E-state index in [-0.39, 0.29) is 23.4 Å². The Morgan fingerprint density at radius 2 is 1.39 bits per heavy atom. The van der Waals surface area contributed by atoms with Gasteiger partial charge in [0, 0.05) is 23.6 Å². The van der Waals surface area contributed by atoms with Gasteiger partial charge in [-0.1, -0.05) is 98.2 Å². The summed E-state index contributed by atoms with van der Waals surface area (Å²) >= 11 is 0. The predicted molar refractivity (Wildman–Crippen MR) is 193 cm³/mol. The SMILES string of the molecule is C#CC.C/C=C/C(C)=O.C=C(C)C(=O)O.C=C1CC(CC)OC1=O.C=CC(=O)O.C=CO.C=Cc1ccc(O)cc1.CC.CCC. The number of carboxylic acid groups (broad SMARTS) is 2. The van der Waals surface area contributed by atoms with Crippen LogP contribution in [-0.4, -0.2) is 50.2 Å². The number of phenolic OH excluding ortho intramolecular Hbond substituents is 1. The molecule has 1 atom stereocenters. The minimum absolute atomic E-state index is 0.102. The molecule has 1 aliphatic rings.